The van der Waals surface area contributed by atoms with Crippen molar-refractivity contribution in [3.63, 3.8) is 0 Å². The van der Waals surface area contributed by atoms with Gasteiger partial charge in [0.05, 0.1) is 18.4 Å². The highest BCUT2D eigenvalue weighted by molar-refractivity contribution is 5.46. The minimum Gasteiger partial charge on any atom is -0.371 e. The molecular formula is C10H12FNO. The van der Waals surface area contributed by atoms with Gasteiger partial charge >= 0.3 is 0 Å². The van der Waals surface area contributed by atoms with Gasteiger partial charge in [-0.15, -0.1) is 0 Å². The van der Waals surface area contributed by atoms with E-state index in [1.807, 2.05) is 18.0 Å². The van der Waals surface area contributed by atoms with Gasteiger partial charge in [0.1, 0.15) is 5.82 Å². The average Bonchev–Trinajstić information content (AvgIpc) is 2.89. The standard InChI is InChI=1S/C10H12FNO/c1-12(6-8-7-13-8)10-5-3-2-4-9(10)11/h2-5,8H,6-7H2,1H3/t8-/m1/s1. The zero-order chi connectivity index (χ0) is 9.26. The van der Waals surface area contributed by atoms with E-state index in [4.69, 9.17) is 4.74 Å². The quantitative estimate of drug-likeness (QED) is 0.659. The Morgan fingerprint density at radius 2 is 2.23 bits per heavy atom. The lowest BCUT2D eigenvalue weighted by molar-refractivity contribution is 0.409. The molecule has 0 aliphatic carbocycles. The van der Waals surface area contributed by atoms with Crippen LogP contribution in [0.25, 0.3) is 0 Å². The summed E-state index contributed by atoms with van der Waals surface area (Å²) in [6.45, 7) is 1.57. The summed E-state index contributed by atoms with van der Waals surface area (Å²) in [7, 11) is 1.88. The van der Waals surface area contributed by atoms with Crippen molar-refractivity contribution >= 4 is 5.69 Å². The lowest BCUT2D eigenvalue weighted by Gasteiger charge is -2.18. The van der Waals surface area contributed by atoms with Gasteiger partial charge in [-0.25, -0.2) is 4.39 Å². The van der Waals surface area contributed by atoms with Crippen molar-refractivity contribution in [1.29, 1.82) is 0 Å². The van der Waals surface area contributed by atoms with E-state index in [0.717, 1.165) is 13.2 Å². The number of para-hydroxylation sites is 1. The lowest BCUT2D eigenvalue weighted by Crippen LogP contribution is -2.23. The number of halogens is 1. The first kappa shape index (κ1) is 8.51. The van der Waals surface area contributed by atoms with Crippen LogP contribution in [0.3, 0.4) is 0 Å². The van der Waals surface area contributed by atoms with Crippen LogP contribution < -0.4 is 4.90 Å². The predicted molar refractivity (Wildman–Crippen MR) is 49.4 cm³/mol. The van der Waals surface area contributed by atoms with Crippen molar-refractivity contribution < 1.29 is 9.13 Å². The van der Waals surface area contributed by atoms with Gasteiger partial charge in [-0.2, -0.15) is 0 Å². The minimum atomic E-state index is -0.175. The fourth-order valence-corrected chi connectivity index (χ4v) is 1.34. The summed E-state index contributed by atoms with van der Waals surface area (Å²) in [5.74, 6) is -0.175. The molecule has 0 bridgehead atoms. The van der Waals surface area contributed by atoms with Crippen molar-refractivity contribution in [2.45, 2.75) is 6.10 Å². The van der Waals surface area contributed by atoms with Gasteiger partial charge in [0.2, 0.25) is 0 Å². The molecule has 0 N–H and O–H groups in total. The molecule has 2 nitrogen and oxygen atoms in total. The van der Waals surface area contributed by atoms with Crippen LogP contribution in [0.2, 0.25) is 0 Å². The Morgan fingerprint density at radius 1 is 1.54 bits per heavy atom. The first-order chi connectivity index (χ1) is 6.27. The zero-order valence-electron chi connectivity index (χ0n) is 7.53. The van der Waals surface area contributed by atoms with Crippen molar-refractivity contribution in [3.05, 3.63) is 30.1 Å². The summed E-state index contributed by atoms with van der Waals surface area (Å²) >= 11 is 0. The van der Waals surface area contributed by atoms with Gasteiger partial charge in [-0.05, 0) is 12.1 Å². The molecule has 0 saturated carbocycles. The van der Waals surface area contributed by atoms with Crippen molar-refractivity contribution in [1.82, 2.24) is 0 Å². The number of epoxide rings is 1. The maximum atomic E-state index is 13.2. The highest BCUT2D eigenvalue weighted by Gasteiger charge is 2.24. The van der Waals surface area contributed by atoms with E-state index in [-0.39, 0.29) is 5.82 Å². The number of ether oxygens (including phenoxy) is 1. The molecule has 0 unspecified atom stereocenters. The highest BCUT2D eigenvalue weighted by atomic mass is 19.1. The molecule has 1 saturated heterocycles. The fraction of sp³-hybridized carbons (Fsp3) is 0.400. The Hall–Kier alpha value is -1.09. The summed E-state index contributed by atoms with van der Waals surface area (Å²) in [6.07, 6.45) is 0.296. The van der Waals surface area contributed by atoms with Crippen LogP contribution in [0.1, 0.15) is 0 Å². The molecule has 70 valence electrons. The average molecular weight is 181 g/mol. The predicted octanol–water partition coefficient (Wildman–Crippen LogP) is 1.66. The van der Waals surface area contributed by atoms with Crippen molar-refractivity contribution in [2.75, 3.05) is 25.1 Å². The van der Waals surface area contributed by atoms with Gasteiger partial charge < -0.3 is 9.64 Å². The largest absolute Gasteiger partial charge is 0.371 e. The van der Waals surface area contributed by atoms with Crippen LogP contribution in [0.5, 0.6) is 0 Å². The molecule has 1 fully saturated rings. The Bertz CT molecular complexity index is 299. The second-order valence-electron chi connectivity index (χ2n) is 3.29. The SMILES string of the molecule is CN(C[C@@H]1CO1)c1ccccc1F. The molecule has 0 aromatic heterocycles. The normalized spacial score (nSPS) is 20.0. The molecule has 0 spiro atoms. The summed E-state index contributed by atoms with van der Waals surface area (Å²) in [5.41, 5.74) is 0.637. The smallest absolute Gasteiger partial charge is 0.146 e. The molecule has 3 heteroatoms. The Balaban J connectivity index is 2.09. The Kier molecular flexibility index (Phi) is 2.19. The molecule has 1 atom stereocenters. The van der Waals surface area contributed by atoms with Gasteiger partial charge in [-0.3, -0.25) is 0 Å². The van der Waals surface area contributed by atoms with Crippen LogP contribution in [0.4, 0.5) is 10.1 Å². The van der Waals surface area contributed by atoms with Crippen LogP contribution in [-0.4, -0.2) is 26.3 Å². The van der Waals surface area contributed by atoms with E-state index in [0.29, 0.717) is 11.8 Å². The topological polar surface area (TPSA) is 15.8 Å². The van der Waals surface area contributed by atoms with Gasteiger partial charge in [0.15, 0.2) is 0 Å². The Labute approximate surface area is 76.9 Å². The monoisotopic (exact) mass is 181 g/mol. The number of benzene rings is 1. The van der Waals surface area contributed by atoms with Gasteiger partial charge in [-0.1, -0.05) is 12.1 Å². The first-order valence-corrected chi connectivity index (χ1v) is 4.34. The fourth-order valence-electron chi connectivity index (χ4n) is 1.34. The number of hydrogen-bond donors (Lipinski definition) is 0. The van der Waals surface area contributed by atoms with Crippen molar-refractivity contribution in [3.8, 4) is 0 Å². The molecule has 1 heterocycles. The summed E-state index contributed by atoms with van der Waals surface area (Å²) < 4.78 is 18.3. The summed E-state index contributed by atoms with van der Waals surface area (Å²) in [5, 5.41) is 0. The minimum absolute atomic E-state index is 0.175. The maximum absolute atomic E-state index is 13.2. The third-order valence-corrected chi connectivity index (χ3v) is 2.14. The van der Waals surface area contributed by atoms with Crippen LogP contribution >= 0.6 is 0 Å². The lowest BCUT2D eigenvalue weighted by atomic mass is 10.2. The molecule has 1 aromatic carbocycles. The summed E-state index contributed by atoms with van der Waals surface area (Å²) in [4.78, 5) is 1.88. The number of nitrogens with zero attached hydrogens (tertiary/aromatic N) is 1. The molecule has 0 amide bonds. The van der Waals surface area contributed by atoms with E-state index < -0.39 is 0 Å². The third kappa shape index (κ3) is 1.98. The van der Waals surface area contributed by atoms with Crippen LogP contribution in [0.15, 0.2) is 24.3 Å². The summed E-state index contributed by atoms with van der Waals surface area (Å²) in [6, 6.07) is 6.78. The second-order valence-corrected chi connectivity index (χ2v) is 3.29. The number of anilines is 1. The maximum Gasteiger partial charge on any atom is 0.146 e. The molecule has 2 rings (SSSR count). The second kappa shape index (κ2) is 3.34. The molecule has 0 radical (unpaired) electrons. The highest BCUT2D eigenvalue weighted by Crippen LogP contribution is 2.19. The number of rotatable bonds is 3. The number of likely N-dealkylation sites (N-methyl/N-ethyl adjacent to an activating group) is 1. The molecular weight excluding hydrogens is 169 g/mol. The van der Waals surface area contributed by atoms with E-state index in [1.165, 1.54) is 6.07 Å². The molecule has 1 aliphatic rings. The van der Waals surface area contributed by atoms with Gasteiger partial charge in [0, 0.05) is 13.6 Å². The zero-order valence-corrected chi connectivity index (χ0v) is 7.53. The van der Waals surface area contributed by atoms with Crippen LogP contribution in [0, 0.1) is 5.82 Å². The van der Waals surface area contributed by atoms with E-state index in [1.54, 1.807) is 12.1 Å². The third-order valence-electron chi connectivity index (χ3n) is 2.14. The van der Waals surface area contributed by atoms with Crippen molar-refractivity contribution in [2.24, 2.45) is 0 Å². The number of hydrogen-bond acceptors (Lipinski definition) is 2. The van der Waals surface area contributed by atoms with E-state index >= 15 is 0 Å². The Morgan fingerprint density at radius 3 is 2.85 bits per heavy atom. The molecule has 13 heavy (non-hydrogen) atoms. The van der Waals surface area contributed by atoms with E-state index in [2.05, 4.69) is 0 Å². The van der Waals surface area contributed by atoms with Gasteiger partial charge in [0.25, 0.3) is 0 Å². The molecule has 1 aromatic rings. The molecule has 1 aliphatic heterocycles. The van der Waals surface area contributed by atoms with E-state index in [9.17, 15) is 4.39 Å². The first-order valence-electron chi connectivity index (χ1n) is 4.34. The van der Waals surface area contributed by atoms with Crippen LogP contribution in [-0.2, 0) is 4.74 Å².